The topological polar surface area (TPSA) is 86.4 Å². The number of nitrogens with zero attached hydrogens (tertiary/aromatic N) is 2. The number of fused-ring (bicyclic) bond motifs is 1. The number of hydrogen-bond donors (Lipinski definition) is 1. The minimum Gasteiger partial charge on any atom is -0.488 e. The van der Waals surface area contributed by atoms with Gasteiger partial charge in [0.25, 0.3) is 11.5 Å². The molecular formula is C20H25N3O4. The molecule has 7 nitrogen and oxygen atoms in total. The monoisotopic (exact) mass is 371 g/mol. The summed E-state index contributed by atoms with van der Waals surface area (Å²) in [4.78, 5) is 25.6. The van der Waals surface area contributed by atoms with Crippen molar-refractivity contribution in [3.8, 4) is 5.75 Å². The summed E-state index contributed by atoms with van der Waals surface area (Å²) in [5.74, 6) is 0.895. The van der Waals surface area contributed by atoms with Crippen molar-refractivity contribution in [2.75, 3.05) is 0 Å². The average Bonchev–Trinajstić information content (AvgIpc) is 3.42. The highest BCUT2D eigenvalue weighted by molar-refractivity contribution is 5.98. The first-order chi connectivity index (χ1) is 13.0. The van der Waals surface area contributed by atoms with Crippen LogP contribution in [0.5, 0.6) is 5.75 Å². The maximum absolute atomic E-state index is 13.0. The van der Waals surface area contributed by atoms with Gasteiger partial charge >= 0.3 is 0 Å². The molecule has 144 valence electrons. The summed E-state index contributed by atoms with van der Waals surface area (Å²) in [5.41, 5.74) is 2.80. The summed E-state index contributed by atoms with van der Waals surface area (Å²) in [6, 6.07) is 1.70. The predicted octanol–water partition coefficient (Wildman–Crippen LogP) is 2.65. The van der Waals surface area contributed by atoms with Crippen molar-refractivity contribution in [3.63, 3.8) is 0 Å². The summed E-state index contributed by atoms with van der Waals surface area (Å²) in [6.45, 7) is 4.54. The molecule has 0 atom stereocenters. The van der Waals surface area contributed by atoms with Crippen molar-refractivity contribution in [1.82, 2.24) is 15.0 Å². The van der Waals surface area contributed by atoms with Crippen LogP contribution in [0.2, 0.25) is 0 Å². The van der Waals surface area contributed by atoms with E-state index in [1.807, 2.05) is 13.8 Å². The lowest BCUT2D eigenvalue weighted by Crippen LogP contribution is -2.32. The highest BCUT2D eigenvalue weighted by Gasteiger charge is 2.29. The van der Waals surface area contributed by atoms with Crippen LogP contribution in [0.3, 0.4) is 0 Å². The van der Waals surface area contributed by atoms with Crippen LogP contribution in [0, 0.1) is 13.8 Å². The molecule has 1 aliphatic heterocycles. The Labute approximate surface area is 157 Å². The zero-order valence-electron chi connectivity index (χ0n) is 15.8. The third-order valence-electron chi connectivity index (χ3n) is 5.37. The molecule has 0 bridgehead atoms. The summed E-state index contributed by atoms with van der Waals surface area (Å²) < 4.78 is 12.9. The van der Waals surface area contributed by atoms with Gasteiger partial charge in [-0.05, 0) is 46.0 Å². The first-order valence-electron chi connectivity index (χ1n) is 9.66. The van der Waals surface area contributed by atoms with Crippen LogP contribution in [0.4, 0.5) is 0 Å². The largest absolute Gasteiger partial charge is 0.488 e. The molecule has 1 fully saturated rings. The predicted molar refractivity (Wildman–Crippen MR) is 99.1 cm³/mol. The van der Waals surface area contributed by atoms with Crippen molar-refractivity contribution >= 4 is 5.91 Å². The molecule has 1 aliphatic carbocycles. The van der Waals surface area contributed by atoms with Gasteiger partial charge < -0.3 is 19.1 Å². The Morgan fingerprint density at radius 3 is 2.85 bits per heavy atom. The Morgan fingerprint density at radius 2 is 2.15 bits per heavy atom. The number of pyridine rings is 1. The zero-order chi connectivity index (χ0) is 19.0. The molecule has 2 aliphatic rings. The van der Waals surface area contributed by atoms with E-state index in [0.29, 0.717) is 30.0 Å². The average molecular weight is 371 g/mol. The van der Waals surface area contributed by atoms with Gasteiger partial charge in [-0.3, -0.25) is 9.59 Å². The fourth-order valence-electron chi connectivity index (χ4n) is 3.62. The summed E-state index contributed by atoms with van der Waals surface area (Å²) >= 11 is 0. The van der Waals surface area contributed by atoms with E-state index < -0.39 is 0 Å². The number of nitrogens with one attached hydrogen (secondary N) is 1. The minimum atomic E-state index is -0.142. The molecule has 0 saturated heterocycles. The lowest BCUT2D eigenvalue weighted by molar-refractivity contribution is 0.0944. The van der Waals surface area contributed by atoms with Crippen molar-refractivity contribution in [1.29, 1.82) is 0 Å². The molecule has 0 radical (unpaired) electrons. The van der Waals surface area contributed by atoms with E-state index >= 15 is 0 Å². The number of carbonyl (C=O) groups excluding carboxylic acids is 1. The third-order valence-corrected chi connectivity index (χ3v) is 5.37. The number of ether oxygens (including phenoxy) is 1. The molecule has 1 amide bonds. The van der Waals surface area contributed by atoms with Crippen molar-refractivity contribution in [2.24, 2.45) is 0 Å². The number of hydrogen-bond acceptors (Lipinski definition) is 5. The summed E-state index contributed by atoms with van der Waals surface area (Å²) in [7, 11) is 0. The van der Waals surface area contributed by atoms with Gasteiger partial charge in [-0.15, -0.1) is 0 Å². The standard InChI is InChI=1S/C20H25N3O4/c1-12-15(13(2)27-22-12)11-26-17-10-18(24)23-9-5-3-4-6-16(23)19(17)20(25)21-14-7-8-14/h10,14H,3-9,11H2,1-2H3,(H,21,25). The smallest absolute Gasteiger partial charge is 0.257 e. The van der Waals surface area contributed by atoms with Gasteiger partial charge in [0.2, 0.25) is 0 Å². The second-order valence-electron chi connectivity index (χ2n) is 7.47. The van der Waals surface area contributed by atoms with E-state index in [0.717, 1.165) is 49.1 Å². The summed E-state index contributed by atoms with van der Waals surface area (Å²) in [6.07, 6.45) is 5.71. The maximum atomic E-state index is 13.0. The Morgan fingerprint density at radius 1 is 1.33 bits per heavy atom. The molecule has 1 N–H and O–H groups in total. The van der Waals surface area contributed by atoms with Gasteiger partial charge in [0, 0.05) is 24.3 Å². The van der Waals surface area contributed by atoms with E-state index in [-0.39, 0.29) is 24.1 Å². The molecule has 27 heavy (non-hydrogen) atoms. The Kier molecular flexibility index (Phi) is 4.76. The van der Waals surface area contributed by atoms with Crippen LogP contribution in [0.15, 0.2) is 15.4 Å². The Balaban J connectivity index is 1.72. The molecular weight excluding hydrogens is 346 g/mol. The Hall–Kier alpha value is -2.57. The fraction of sp³-hybridized carbons (Fsp3) is 0.550. The van der Waals surface area contributed by atoms with Gasteiger partial charge in [-0.25, -0.2) is 0 Å². The number of carbonyl (C=O) groups is 1. The van der Waals surface area contributed by atoms with Crippen molar-refractivity contribution < 1.29 is 14.1 Å². The molecule has 0 spiro atoms. The molecule has 7 heteroatoms. The quantitative estimate of drug-likeness (QED) is 0.873. The van der Waals surface area contributed by atoms with Gasteiger partial charge in [0.15, 0.2) is 0 Å². The molecule has 1 saturated carbocycles. The van der Waals surface area contributed by atoms with Gasteiger partial charge in [0.1, 0.15) is 23.7 Å². The lowest BCUT2D eigenvalue weighted by atomic mass is 10.1. The van der Waals surface area contributed by atoms with Gasteiger partial charge in [0.05, 0.1) is 11.3 Å². The number of rotatable bonds is 5. The van der Waals surface area contributed by atoms with Crippen LogP contribution >= 0.6 is 0 Å². The second kappa shape index (κ2) is 7.21. The van der Waals surface area contributed by atoms with Crippen LogP contribution < -0.4 is 15.6 Å². The lowest BCUT2D eigenvalue weighted by Gasteiger charge is -2.18. The molecule has 4 rings (SSSR count). The van der Waals surface area contributed by atoms with Crippen LogP contribution in [-0.2, 0) is 19.6 Å². The first kappa shape index (κ1) is 17.8. The summed E-state index contributed by atoms with van der Waals surface area (Å²) in [5, 5.41) is 6.98. The van der Waals surface area contributed by atoms with E-state index in [1.165, 1.54) is 6.07 Å². The van der Waals surface area contributed by atoms with Gasteiger partial charge in [-0.1, -0.05) is 11.6 Å². The SMILES string of the molecule is Cc1noc(C)c1COc1cc(=O)n2c(c1C(=O)NC1CC1)CCCCC2. The third kappa shape index (κ3) is 3.63. The van der Waals surface area contributed by atoms with E-state index in [1.54, 1.807) is 4.57 Å². The number of aryl methyl sites for hydroxylation is 2. The molecule has 0 aromatic carbocycles. The van der Waals surface area contributed by atoms with Gasteiger partial charge in [-0.2, -0.15) is 0 Å². The second-order valence-corrected chi connectivity index (χ2v) is 7.47. The number of aromatic nitrogens is 2. The maximum Gasteiger partial charge on any atom is 0.257 e. The molecule has 3 heterocycles. The zero-order valence-corrected chi connectivity index (χ0v) is 15.8. The minimum absolute atomic E-state index is 0.108. The molecule has 0 unspecified atom stereocenters. The number of amides is 1. The molecule has 2 aromatic heterocycles. The highest BCUT2D eigenvalue weighted by atomic mass is 16.5. The van der Waals surface area contributed by atoms with Crippen LogP contribution in [-0.4, -0.2) is 21.7 Å². The van der Waals surface area contributed by atoms with Crippen LogP contribution in [0.25, 0.3) is 0 Å². The highest BCUT2D eigenvalue weighted by Crippen LogP contribution is 2.28. The van der Waals surface area contributed by atoms with E-state index in [9.17, 15) is 9.59 Å². The van der Waals surface area contributed by atoms with E-state index in [4.69, 9.17) is 9.26 Å². The van der Waals surface area contributed by atoms with Crippen LogP contribution in [0.1, 0.15) is 65.2 Å². The van der Waals surface area contributed by atoms with Crippen molar-refractivity contribution in [3.05, 3.63) is 44.7 Å². The normalized spacial score (nSPS) is 16.5. The first-order valence-corrected chi connectivity index (χ1v) is 9.66. The van der Waals surface area contributed by atoms with Crippen molar-refractivity contribution in [2.45, 2.75) is 71.6 Å². The Bertz CT molecular complexity index is 905. The van der Waals surface area contributed by atoms with E-state index in [2.05, 4.69) is 10.5 Å². The fourth-order valence-corrected chi connectivity index (χ4v) is 3.62. The molecule has 2 aromatic rings.